The molecule has 0 saturated carbocycles. The van der Waals surface area contributed by atoms with Gasteiger partial charge in [-0.25, -0.2) is 0 Å². The zero-order valence-electron chi connectivity index (χ0n) is 10.8. The van der Waals surface area contributed by atoms with Crippen molar-refractivity contribution in [3.8, 4) is 0 Å². The van der Waals surface area contributed by atoms with E-state index < -0.39 is 0 Å². The Morgan fingerprint density at radius 1 is 1.38 bits per heavy atom. The van der Waals surface area contributed by atoms with E-state index in [-0.39, 0.29) is 17.9 Å². The molecule has 4 heteroatoms. The Bertz CT molecular complexity index is 188. The molecule has 0 aromatic rings. The van der Waals surface area contributed by atoms with Crippen LogP contribution in [0, 0.1) is 5.92 Å². The molecule has 0 aliphatic carbocycles. The van der Waals surface area contributed by atoms with Gasteiger partial charge in [-0.2, -0.15) is 11.8 Å². The molecule has 0 aliphatic heterocycles. The Morgan fingerprint density at radius 3 is 2.62 bits per heavy atom. The van der Waals surface area contributed by atoms with Crippen LogP contribution in [0.5, 0.6) is 0 Å². The van der Waals surface area contributed by atoms with Crippen molar-refractivity contribution in [2.24, 2.45) is 11.7 Å². The largest absolute Gasteiger partial charge is 0.355 e. The van der Waals surface area contributed by atoms with Crippen LogP contribution in [0.4, 0.5) is 0 Å². The quantitative estimate of drug-likeness (QED) is 0.612. The van der Waals surface area contributed by atoms with Gasteiger partial charge >= 0.3 is 0 Å². The molecule has 1 amide bonds. The number of hydrogen-bond donors (Lipinski definition) is 2. The van der Waals surface area contributed by atoms with Crippen LogP contribution in [-0.4, -0.2) is 30.5 Å². The summed E-state index contributed by atoms with van der Waals surface area (Å²) in [4.78, 5) is 11.6. The predicted octanol–water partition coefficient (Wildman–Crippen LogP) is 2.01. The minimum absolute atomic E-state index is 0.000725. The van der Waals surface area contributed by atoms with E-state index in [4.69, 9.17) is 5.73 Å². The van der Waals surface area contributed by atoms with Gasteiger partial charge in [-0.15, -0.1) is 0 Å². The highest BCUT2D eigenvalue weighted by Crippen LogP contribution is 2.05. The number of amides is 1. The second-order valence-electron chi connectivity index (χ2n) is 4.26. The Labute approximate surface area is 104 Å². The van der Waals surface area contributed by atoms with E-state index in [0.29, 0.717) is 0 Å². The highest BCUT2D eigenvalue weighted by Gasteiger charge is 2.18. The van der Waals surface area contributed by atoms with E-state index in [1.165, 1.54) is 18.6 Å². The summed E-state index contributed by atoms with van der Waals surface area (Å²) in [5, 5.41) is 2.90. The van der Waals surface area contributed by atoms with Gasteiger partial charge in [0, 0.05) is 6.54 Å². The summed E-state index contributed by atoms with van der Waals surface area (Å²) in [5.41, 5.74) is 5.82. The SMILES string of the molecule is CCC(C)[C@H](N)C(=O)NCCCCCSC. The molecule has 0 aliphatic rings. The summed E-state index contributed by atoms with van der Waals surface area (Å²) in [6.07, 6.45) is 6.53. The molecule has 2 atom stereocenters. The Kier molecular flexibility index (Phi) is 9.83. The lowest BCUT2D eigenvalue weighted by Crippen LogP contribution is -2.44. The number of nitrogens with one attached hydrogen (secondary N) is 1. The van der Waals surface area contributed by atoms with Crippen LogP contribution < -0.4 is 11.1 Å². The maximum atomic E-state index is 11.6. The predicted molar refractivity (Wildman–Crippen MR) is 72.7 cm³/mol. The summed E-state index contributed by atoms with van der Waals surface area (Å²) in [6.45, 7) is 4.83. The van der Waals surface area contributed by atoms with E-state index in [0.717, 1.165) is 19.4 Å². The van der Waals surface area contributed by atoms with Gasteiger partial charge in [-0.1, -0.05) is 26.7 Å². The highest BCUT2D eigenvalue weighted by molar-refractivity contribution is 7.98. The topological polar surface area (TPSA) is 55.1 Å². The minimum atomic E-state index is -0.351. The molecular formula is C12H26N2OS. The first-order valence-corrected chi connectivity index (χ1v) is 7.55. The van der Waals surface area contributed by atoms with Crippen molar-refractivity contribution in [3.05, 3.63) is 0 Å². The number of carbonyl (C=O) groups excluding carboxylic acids is 1. The van der Waals surface area contributed by atoms with Gasteiger partial charge in [-0.3, -0.25) is 4.79 Å². The van der Waals surface area contributed by atoms with Crippen molar-refractivity contribution in [2.45, 2.75) is 45.6 Å². The van der Waals surface area contributed by atoms with Gasteiger partial charge in [0.2, 0.25) is 5.91 Å². The number of hydrogen-bond acceptors (Lipinski definition) is 3. The van der Waals surface area contributed by atoms with Gasteiger partial charge in [-0.05, 0) is 30.8 Å². The molecule has 96 valence electrons. The Morgan fingerprint density at radius 2 is 2.06 bits per heavy atom. The van der Waals surface area contributed by atoms with Crippen molar-refractivity contribution >= 4 is 17.7 Å². The maximum Gasteiger partial charge on any atom is 0.237 e. The van der Waals surface area contributed by atoms with Crippen molar-refractivity contribution in [2.75, 3.05) is 18.6 Å². The molecular weight excluding hydrogens is 220 g/mol. The molecule has 0 spiro atoms. The molecule has 0 aromatic heterocycles. The third-order valence-electron chi connectivity index (χ3n) is 2.88. The van der Waals surface area contributed by atoms with Crippen LogP contribution >= 0.6 is 11.8 Å². The zero-order chi connectivity index (χ0) is 12.4. The van der Waals surface area contributed by atoms with E-state index in [2.05, 4.69) is 18.5 Å². The van der Waals surface area contributed by atoms with Crippen molar-refractivity contribution < 1.29 is 4.79 Å². The van der Waals surface area contributed by atoms with Crippen LogP contribution in [0.15, 0.2) is 0 Å². The van der Waals surface area contributed by atoms with Crippen LogP contribution in [0.1, 0.15) is 39.5 Å². The highest BCUT2D eigenvalue weighted by atomic mass is 32.2. The first-order chi connectivity index (χ1) is 7.63. The van der Waals surface area contributed by atoms with Crippen LogP contribution in [0.25, 0.3) is 0 Å². The number of rotatable bonds is 9. The monoisotopic (exact) mass is 246 g/mol. The third-order valence-corrected chi connectivity index (χ3v) is 3.58. The lowest BCUT2D eigenvalue weighted by molar-refractivity contribution is -0.123. The first-order valence-electron chi connectivity index (χ1n) is 6.15. The van der Waals surface area contributed by atoms with Crippen molar-refractivity contribution in [3.63, 3.8) is 0 Å². The average Bonchev–Trinajstić information content (AvgIpc) is 2.31. The first kappa shape index (κ1) is 15.8. The molecule has 0 aromatic carbocycles. The molecule has 0 rings (SSSR count). The number of thioether (sulfide) groups is 1. The van der Waals surface area contributed by atoms with E-state index in [1.54, 1.807) is 0 Å². The van der Waals surface area contributed by atoms with Gasteiger partial charge < -0.3 is 11.1 Å². The minimum Gasteiger partial charge on any atom is -0.355 e. The smallest absolute Gasteiger partial charge is 0.237 e. The standard InChI is InChI=1S/C12H26N2OS/c1-4-10(2)11(13)12(15)14-8-6-5-7-9-16-3/h10-11H,4-9,13H2,1-3H3,(H,14,15)/t10?,11-/m0/s1. The Hall–Kier alpha value is -0.220. The molecule has 3 N–H and O–H groups in total. The summed E-state index contributed by atoms with van der Waals surface area (Å²) in [7, 11) is 0. The fourth-order valence-corrected chi connectivity index (χ4v) is 1.88. The normalized spacial score (nSPS) is 14.5. The molecule has 0 bridgehead atoms. The lowest BCUT2D eigenvalue weighted by atomic mass is 9.99. The summed E-state index contributed by atoms with van der Waals surface area (Å²) >= 11 is 1.87. The molecule has 1 unspecified atom stereocenters. The summed E-state index contributed by atoms with van der Waals surface area (Å²) in [6, 6.07) is -0.351. The third kappa shape index (κ3) is 7.12. The number of carbonyl (C=O) groups is 1. The maximum absolute atomic E-state index is 11.6. The molecule has 16 heavy (non-hydrogen) atoms. The number of unbranched alkanes of at least 4 members (excludes halogenated alkanes) is 2. The van der Waals surface area contributed by atoms with Crippen molar-refractivity contribution in [1.82, 2.24) is 5.32 Å². The second-order valence-corrected chi connectivity index (χ2v) is 5.24. The Balaban J connectivity index is 3.50. The van der Waals surface area contributed by atoms with E-state index in [9.17, 15) is 4.79 Å². The lowest BCUT2D eigenvalue weighted by Gasteiger charge is -2.17. The summed E-state index contributed by atoms with van der Waals surface area (Å²) < 4.78 is 0. The van der Waals surface area contributed by atoms with Crippen molar-refractivity contribution in [1.29, 1.82) is 0 Å². The van der Waals surface area contributed by atoms with Crippen LogP contribution in [-0.2, 0) is 4.79 Å². The molecule has 0 fully saturated rings. The molecule has 0 radical (unpaired) electrons. The van der Waals surface area contributed by atoms with Gasteiger partial charge in [0.1, 0.15) is 0 Å². The number of nitrogens with two attached hydrogens (primary N) is 1. The van der Waals surface area contributed by atoms with Crippen LogP contribution in [0.3, 0.4) is 0 Å². The zero-order valence-corrected chi connectivity index (χ0v) is 11.6. The molecule has 3 nitrogen and oxygen atoms in total. The second kappa shape index (κ2) is 9.97. The van der Waals surface area contributed by atoms with E-state index in [1.807, 2.05) is 18.7 Å². The molecule has 0 saturated heterocycles. The van der Waals surface area contributed by atoms with Crippen LogP contribution in [0.2, 0.25) is 0 Å². The molecule has 0 heterocycles. The summed E-state index contributed by atoms with van der Waals surface area (Å²) in [5.74, 6) is 1.47. The van der Waals surface area contributed by atoms with Gasteiger partial charge in [0.25, 0.3) is 0 Å². The van der Waals surface area contributed by atoms with Gasteiger partial charge in [0.15, 0.2) is 0 Å². The average molecular weight is 246 g/mol. The fourth-order valence-electron chi connectivity index (χ4n) is 1.39. The van der Waals surface area contributed by atoms with Gasteiger partial charge in [0.05, 0.1) is 6.04 Å². The van der Waals surface area contributed by atoms with E-state index >= 15 is 0 Å². The fraction of sp³-hybridized carbons (Fsp3) is 0.917.